The fourth-order valence-corrected chi connectivity index (χ4v) is 1.86. The van der Waals surface area contributed by atoms with Gasteiger partial charge in [0.15, 0.2) is 0 Å². The molecule has 0 saturated heterocycles. The fraction of sp³-hybridized carbons (Fsp3) is 0.182. The van der Waals surface area contributed by atoms with E-state index in [0.717, 1.165) is 5.69 Å². The van der Waals surface area contributed by atoms with Gasteiger partial charge in [-0.1, -0.05) is 11.6 Å². The molecule has 0 aliphatic heterocycles. The zero-order chi connectivity index (χ0) is 14.0. The summed E-state index contributed by atoms with van der Waals surface area (Å²) in [6, 6.07) is 5.22. The largest absolute Gasteiger partial charge is 0.376 e. The number of amides is 1. The Bertz CT molecular complexity index is 609. The number of nitrogens with two attached hydrogens (primary N) is 1. The molecule has 1 heterocycles. The molecule has 7 nitrogen and oxygen atoms in total. The molecular formula is C11H13ClN6O. The minimum absolute atomic E-state index is 0.0196. The molecule has 2 aromatic rings. The van der Waals surface area contributed by atoms with Crippen LogP contribution in [0.4, 0.5) is 17.3 Å². The van der Waals surface area contributed by atoms with Gasteiger partial charge in [0.1, 0.15) is 0 Å². The van der Waals surface area contributed by atoms with Crippen molar-refractivity contribution in [3.63, 3.8) is 0 Å². The standard InChI is InChI=1S/C11H13ClN6O/c1-18(2)8-4-3-6(5-7(8)12)14-10(19)9-15-11(13)17-16-9/h3-5H,1-2H3,(H,14,19)(H3,13,15,16,17). The lowest BCUT2D eigenvalue weighted by Gasteiger charge is -2.15. The monoisotopic (exact) mass is 280 g/mol. The predicted octanol–water partition coefficient (Wildman–Crippen LogP) is 1.36. The number of benzene rings is 1. The highest BCUT2D eigenvalue weighted by atomic mass is 35.5. The normalized spacial score (nSPS) is 10.3. The number of aromatic amines is 1. The Morgan fingerprint density at radius 1 is 1.47 bits per heavy atom. The van der Waals surface area contributed by atoms with Gasteiger partial charge >= 0.3 is 0 Å². The quantitative estimate of drug-likeness (QED) is 0.788. The number of carbonyl (C=O) groups is 1. The number of halogens is 1. The zero-order valence-electron chi connectivity index (χ0n) is 10.4. The van der Waals surface area contributed by atoms with Crippen LogP contribution in [0.15, 0.2) is 18.2 Å². The second kappa shape index (κ2) is 5.15. The summed E-state index contributed by atoms with van der Waals surface area (Å²) < 4.78 is 0. The van der Waals surface area contributed by atoms with Crippen molar-refractivity contribution < 1.29 is 4.79 Å². The van der Waals surface area contributed by atoms with E-state index in [4.69, 9.17) is 17.3 Å². The Labute approximate surface area is 114 Å². The molecule has 0 radical (unpaired) electrons. The number of nitrogen functional groups attached to an aromatic ring is 1. The molecule has 1 aromatic heterocycles. The van der Waals surface area contributed by atoms with Crippen LogP contribution in [0.3, 0.4) is 0 Å². The Hall–Kier alpha value is -2.28. The lowest BCUT2D eigenvalue weighted by molar-refractivity contribution is 0.101. The lowest BCUT2D eigenvalue weighted by atomic mass is 10.2. The van der Waals surface area contributed by atoms with Crippen LogP contribution in [0, 0.1) is 0 Å². The molecule has 0 unspecified atom stereocenters. The Morgan fingerprint density at radius 2 is 2.21 bits per heavy atom. The number of H-pyrrole nitrogens is 1. The molecule has 8 heteroatoms. The second-order valence-corrected chi connectivity index (χ2v) is 4.46. The van der Waals surface area contributed by atoms with E-state index in [1.54, 1.807) is 12.1 Å². The molecule has 0 aliphatic carbocycles. The van der Waals surface area contributed by atoms with Crippen molar-refractivity contribution in [2.75, 3.05) is 30.0 Å². The highest BCUT2D eigenvalue weighted by Crippen LogP contribution is 2.27. The van der Waals surface area contributed by atoms with E-state index in [1.807, 2.05) is 25.1 Å². The topological polar surface area (TPSA) is 99.9 Å². The maximum absolute atomic E-state index is 11.8. The minimum atomic E-state index is -0.433. The molecule has 19 heavy (non-hydrogen) atoms. The Balaban J connectivity index is 2.16. The van der Waals surface area contributed by atoms with Gasteiger partial charge in [0.2, 0.25) is 11.8 Å². The third-order valence-electron chi connectivity index (χ3n) is 2.41. The average Bonchev–Trinajstić information content (AvgIpc) is 2.75. The SMILES string of the molecule is CN(C)c1ccc(NC(=O)c2nc(N)n[nH]2)cc1Cl. The average molecular weight is 281 g/mol. The maximum Gasteiger partial charge on any atom is 0.293 e. The van der Waals surface area contributed by atoms with Gasteiger partial charge in [0, 0.05) is 19.8 Å². The van der Waals surface area contributed by atoms with Crippen LogP contribution in [-0.2, 0) is 0 Å². The number of carbonyl (C=O) groups excluding carboxylic acids is 1. The Kier molecular flexibility index (Phi) is 3.57. The van der Waals surface area contributed by atoms with Gasteiger partial charge < -0.3 is 16.0 Å². The molecule has 0 atom stereocenters. The van der Waals surface area contributed by atoms with Gasteiger partial charge in [0.05, 0.1) is 10.7 Å². The maximum atomic E-state index is 11.8. The van der Waals surface area contributed by atoms with Crippen molar-refractivity contribution in [2.24, 2.45) is 0 Å². The van der Waals surface area contributed by atoms with Crippen LogP contribution in [0.2, 0.25) is 5.02 Å². The van der Waals surface area contributed by atoms with Crippen molar-refractivity contribution in [3.8, 4) is 0 Å². The molecule has 2 rings (SSSR count). The summed E-state index contributed by atoms with van der Waals surface area (Å²) >= 11 is 6.11. The zero-order valence-corrected chi connectivity index (χ0v) is 11.2. The van der Waals surface area contributed by atoms with Crippen LogP contribution in [-0.4, -0.2) is 35.2 Å². The third-order valence-corrected chi connectivity index (χ3v) is 2.71. The van der Waals surface area contributed by atoms with Crippen molar-refractivity contribution >= 4 is 34.8 Å². The first-order valence-corrected chi connectivity index (χ1v) is 5.81. The van der Waals surface area contributed by atoms with Crippen molar-refractivity contribution in [2.45, 2.75) is 0 Å². The summed E-state index contributed by atoms with van der Waals surface area (Å²) in [7, 11) is 3.77. The molecule has 0 spiro atoms. The minimum Gasteiger partial charge on any atom is -0.376 e. The van der Waals surface area contributed by atoms with Gasteiger partial charge in [0.25, 0.3) is 5.91 Å². The van der Waals surface area contributed by atoms with E-state index in [1.165, 1.54) is 0 Å². The van der Waals surface area contributed by atoms with E-state index in [9.17, 15) is 4.79 Å². The first kappa shape index (κ1) is 13.2. The van der Waals surface area contributed by atoms with E-state index < -0.39 is 5.91 Å². The first-order chi connectivity index (χ1) is 8.97. The van der Waals surface area contributed by atoms with Crippen molar-refractivity contribution in [1.29, 1.82) is 0 Å². The first-order valence-electron chi connectivity index (χ1n) is 5.43. The van der Waals surface area contributed by atoms with E-state index in [-0.39, 0.29) is 11.8 Å². The van der Waals surface area contributed by atoms with Gasteiger partial charge in [-0.15, -0.1) is 5.10 Å². The van der Waals surface area contributed by atoms with E-state index in [2.05, 4.69) is 20.5 Å². The summed E-state index contributed by atoms with van der Waals surface area (Å²) in [6.07, 6.45) is 0. The van der Waals surface area contributed by atoms with Gasteiger partial charge in [-0.05, 0) is 18.2 Å². The fourth-order valence-electron chi connectivity index (χ4n) is 1.51. The number of anilines is 3. The van der Waals surface area contributed by atoms with Crippen LogP contribution >= 0.6 is 11.6 Å². The highest BCUT2D eigenvalue weighted by molar-refractivity contribution is 6.33. The van der Waals surface area contributed by atoms with Gasteiger partial charge in [-0.3, -0.25) is 9.89 Å². The molecule has 1 amide bonds. The lowest BCUT2D eigenvalue weighted by Crippen LogP contribution is -2.14. The number of nitrogens with one attached hydrogen (secondary N) is 2. The number of hydrogen-bond donors (Lipinski definition) is 3. The highest BCUT2D eigenvalue weighted by Gasteiger charge is 2.12. The van der Waals surface area contributed by atoms with Crippen molar-refractivity contribution in [3.05, 3.63) is 29.0 Å². The summed E-state index contributed by atoms with van der Waals surface area (Å²) in [5.41, 5.74) is 6.76. The number of hydrogen-bond acceptors (Lipinski definition) is 5. The summed E-state index contributed by atoms with van der Waals surface area (Å²) in [5.74, 6) is -0.366. The van der Waals surface area contributed by atoms with Gasteiger partial charge in [-0.2, -0.15) is 4.98 Å². The Morgan fingerprint density at radius 3 is 2.74 bits per heavy atom. The third kappa shape index (κ3) is 2.94. The molecular weight excluding hydrogens is 268 g/mol. The summed E-state index contributed by atoms with van der Waals surface area (Å²) in [5, 5.41) is 9.20. The summed E-state index contributed by atoms with van der Waals surface area (Å²) in [6.45, 7) is 0. The predicted molar refractivity (Wildman–Crippen MR) is 74.5 cm³/mol. The number of aromatic nitrogens is 3. The van der Waals surface area contributed by atoms with Crippen LogP contribution in [0.5, 0.6) is 0 Å². The van der Waals surface area contributed by atoms with Crippen LogP contribution in [0.25, 0.3) is 0 Å². The molecule has 0 fully saturated rings. The number of nitrogens with zero attached hydrogens (tertiary/aromatic N) is 3. The molecule has 1 aromatic carbocycles. The second-order valence-electron chi connectivity index (χ2n) is 4.06. The van der Waals surface area contributed by atoms with Gasteiger partial charge in [-0.25, -0.2) is 0 Å². The number of rotatable bonds is 3. The summed E-state index contributed by atoms with van der Waals surface area (Å²) in [4.78, 5) is 17.4. The molecule has 4 N–H and O–H groups in total. The van der Waals surface area contributed by atoms with E-state index in [0.29, 0.717) is 10.7 Å². The van der Waals surface area contributed by atoms with Crippen LogP contribution in [0.1, 0.15) is 10.6 Å². The molecule has 0 bridgehead atoms. The van der Waals surface area contributed by atoms with E-state index >= 15 is 0 Å². The molecule has 100 valence electrons. The smallest absolute Gasteiger partial charge is 0.293 e. The molecule has 0 aliphatic rings. The van der Waals surface area contributed by atoms with Crippen molar-refractivity contribution in [1.82, 2.24) is 15.2 Å². The van der Waals surface area contributed by atoms with Crippen LogP contribution < -0.4 is 16.0 Å². The molecule has 0 saturated carbocycles.